The first kappa shape index (κ1) is 15.8. The van der Waals surface area contributed by atoms with Gasteiger partial charge < -0.3 is 10.3 Å². The maximum Gasteiger partial charge on any atom is 0 e. The van der Waals surface area contributed by atoms with E-state index in [2.05, 4.69) is 31.1 Å². The van der Waals surface area contributed by atoms with Crippen molar-refractivity contribution < 1.29 is 25.8 Å². The predicted octanol–water partition coefficient (Wildman–Crippen LogP) is 3.38. The van der Waals surface area contributed by atoms with Gasteiger partial charge in [-0.1, -0.05) is 59.0 Å². The molecular weight excluding hydrogens is 193 g/mol. The molecule has 0 aromatic rings. The molecule has 0 saturated heterocycles. The van der Waals surface area contributed by atoms with Crippen molar-refractivity contribution in [1.82, 2.24) is 0 Å². The van der Waals surface area contributed by atoms with Crippen LogP contribution in [0, 0.1) is 0 Å². The molecule has 3 heteroatoms. The first-order valence-corrected chi connectivity index (χ1v) is 5.05. The Morgan fingerprint density at radius 3 is 2.23 bits per heavy atom. The minimum atomic E-state index is 0. The second-order valence-corrected chi connectivity index (χ2v) is 2.93. The number of nitrogens with zero attached hydrogens (tertiary/aromatic N) is 2. The van der Waals surface area contributed by atoms with E-state index in [0.29, 0.717) is 0 Å². The Hall–Kier alpha value is 0.340. The van der Waals surface area contributed by atoms with E-state index < -0.39 is 0 Å². The van der Waals surface area contributed by atoms with E-state index in [0.717, 1.165) is 44.6 Å². The molecule has 0 fully saturated rings. The van der Waals surface area contributed by atoms with Gasteiger partial charge in [0.25, 0.3) is 0 Å². The Kier molecular flexibility index (Phi) is 15.0. The number of hydrogen-bond acceptors (Lipinski definition) is 1. The van der Waals surface area contributed by atoms with E-state index in [1.165, 1.54) is 0 Å². The van der Waals surface area contributed by atoms with E-state index in [9.17, 15) is 0 Å². The minimum absolute atomic E-state index is 0. The average molecular weight is 214 g/mol. The van der Waals surface area contributed by atoms with Gasteiger partial charge in [-0.25, -0.2) is 0 Å². The third-order valence-electron chi connectivity index (χ3n) is 1.51. The Bertz CT molecular complexity index is 124. The van der Waals surface area contributed by atoms with Crippen LogP contribution in [0.5, 0.6) is 0 Å². The zero-order valence-electron chi connectivity index (χ0n) is 9.21. The van der Waals surface area contributed by atoms with Gasteiger partial charge in [-0.3, -0.25) is 0 Å². The summed E-state index contributed by atoms with van der Waals surface area (Å²) in [6.45, 7) is 8.33. The monoisotopic (exact) mass is 214 g/mol. The normalized spacial score (nSPS) is 10.8. The van der Waals surface area contributed by atoms with Crippen LogP contribution in [-0.4, -0.2) is 18.9 Å². The topological polar surface area (TPSA) is 26.5 Å². The first-order chi connectivity index (χ1) is 5.85. The molecule has 0 aliphatic heterocycles. The predicted molar refractivity (Wildman–Crippen MR) is 56.0 cm³/mol. The van der Waals surface area contributed by atoms with Crippen LogP contribution in [0.4, 0.5) is 0 Å². The first-order valence-electron chi connectivity index (χ1n) is 5.05. The smallest absolute Gasteiger partial charge is 0 e. The van der Waals surface area contributed by atoms with E-state index in [1.54, 1.807) is 0 Å². The number of hydrogen-bond donors (Lipinski definition) is 0. The molecule has 2 nitrogen and oxygen atoms in total. The van der Waals surface area contributed by atoms with Gasteiger partial charge >= 0.3 is 0 Å². The van der Waals surface area contributed by atoms with Crippen molar-refractivity contribution >= 4 is 5.84 Å². The molecular formula is C10H21N2Sc-. The average Bonchev–Trinajstić information content (AvgIpc) is 2.10. The fourth-order valence-electron chi connectivity index (χ4n) is 0.913. The molecule has 1 radical (unpaired) electrons. The quantitative estimate of drug-likeness (QED) is 0.478. The summed E-state index contributed by atoms with van der Waals surface area (Å²) in [5.74, 6) is 1.07. The molecule has 0 rings (SSSR count). The summed E-state index contributed by atoms with van der Waals surface area (Å²) < 4.78 is 0. The van der Waals surface area contributed by atoms with Crippen LogP contribution in [0.1, 0.15) is 46.5 Å². The van der Waals surface area contributed by atoms with Crippen LogP contribution >= 0.6 is 0 Å². The third-order valence-corrected chi connectivity index (χ3v) is 1.51. The summed E-state index contributed by atoms with van der Waals surface area (Å²) in [5.41, 5.74) is 0. The molecule has 0 spiro atoms. The van der Waals surface area contributed by atoms with Crippen LogP contribution < -0.4 is 0 Å². The second kappa shape index (κ2) is 12.3. The number of rotatable bonds is 6. The van der Waals surface area contributed by atoms with Gasteiger partial charge in [0.1, 0.15) is 0 Å². The number of amidine groups is 1. The van der Waals surface area contributed by atoms with E-state index >= 15 is 0 Å². The maximum absolute atomic E-state index is 4.42. The van der Waals surface area contributed by atoms with E-state index in [4.69, 9.17) is 0 Å². The fraction of sp³-hybridized carbons (Fsp3) is 0.900. The summed E-state index contributed by atoms with van der Waals surface area (Å²) >= 11 is 0. The molecule has 0 saturated carbocycles. The van der Waals surface area contributed by atoms with Crippen molar-refractivity contribution in [2.45, 2.75) is 46.5 Å². The summed E-state index contributed by atoms with van der Waals surface area (Å²) in [7, 11) is 0. The van der Waals surface area contributed by atoms with Crippen molar-refractivity contribution in [2.75, 3.05) is 13.1 Å². The Labute approximate surface area is 101 Å². The van der Waals surface area contributed by atoms with Gasteiger partial charge in [-0.2, -0.15) is 0 Å². The number of aliphatic imine (C=N–C) groups is 1. The summed E-state index contributed by atoms with van der Waals surface area (Å²) in [5, 5.41) is 4.42. The van der Waals surface area contributed by atoms with Crippen LogP contribution in [0.25, 0.3) is 5.32 Å². The SMILES string of the molecule is CCCN=C(CCC)[N-]CCC.[Sc]. The molecule has 0 amide bonds. The molecule has 0 N–H and O–H groups in total. The van der Waals surface area contributed by atoms with Crippen molar-refractivity contribution in [3.63, 3.8) is 0 Å². The van der Waals surface area contributed by atoms with Gasteiger partial charge in [0, 0.05) is 25.8 Å². The van der Waals surface area contributed by atoms with Crippen molar-refractivity contribution in [3.8, 4) is 0 Å². The summed E-state index contributed by atoms with van der Waals surface area (Å²) in [4.78, 5) is 4.42. The van der Waals surface area contributed by atoms with Gasteiger partial charge in [-0.15, -0.1) is 0 Å². The Morgan fingerprint density at radius 2 is 1.77 bits per heavy atom. The molecule has 0 unspecified atom stereocenters. The van der Waals surface area contributed by atoms with Crippen LogP contribution in [0.3, 0.4) is 0 Å². The standard InChI is InChI=1S/C10H21N2.Sc/c1-4-7-10(11-8-5-2)12-9-6-3;/h4-9H2,1-3H3;/q-1;. The molecule has 0 aromatic heterocycles. The van der Waals surface area contributed by atoms with Gasteiger partial charge in [0.2, 0.25) is 0 Å². The van der Waals surface area contributed by atoms with Crippen molar-refractivity contribution in [2.24, 2.45) is 4.99 Å². The van der Waals surface area contributed by atoms with Crippen LogP contribution in [-0.2, 0) is 25.8 Å². The molecule has 0 atom stereocenters. The molecule has 0 aliphatic rings. The van der Waals surface area contributed by atoms with E-state index in [1.807, 2.05) is 0 Å². The third kappa shape index (κ3) is 10.3. The van der Waals surface area contributed by atoms with E-state index in [-0.39, 0.29) is 25.8 Å². The molecule has 13 heavy (non-hydrogen) atoms. The summed E-state index contributed by atoms with van der Waals surface area (Å²) in [6, 6.07) is 0. The second-order valence-electron chi connectivity index (χ2n) is 2.93. The van der Waals surface area contributed by atoms with Gasteiger partial charge in [0.05, 0.1) is 0 Å². The zero-order chi connectivity index (χ0) is 9.23. The molecule has 75 valence electrons. The van der Waals surface area contributed by atoms with Crippen molar-refractivity contribution in [1.29, 1.82) is 0 Å². The van der Waals surface area contributed by atoms with Gasteiger partial charge in [0.15, 0.2) is 0 Å². The van der Waals surface area contributed by atoms with Crippen LogP contribution in [0.15, 0.2) is 4.99 Å². The maximum atomic E-state index is 4.42. The van der Waals surface area contributed by atoms with Gasteiger partial charge in [-0.05, 0) is 6.42 Å². The minimum Gasteiger partial charge on any atom is -0.469 e. The Morgan fingerprint density at radius 1 is 1.08 bits per heavy atom. The molecule has 0 aromatic carbocycles. The fourth-order valence-corrected chi connectivity index (χ4v) is 0.913. The van der Waals surface area contributed by atoms with Crippen molar-refractivity contribution in [3.05, 3.63) is 5.32 Å². The largest absolute Gasteiger partial charge is 0.469 e. The molecule has 0 aliphatic carbocycles. The molecule has 0 heterocycles. The summed E-state index contributed by atoms with van der Waals surface area (Å²) in [6.07, 6.45) is 4.43. The molecule has 0 bridgehead atoms. The van der Waals surface area contributed by atoms with Crippen LogP contribution in [0.2, 0.25) is 0 Å². The zero-order valence-corrected chi connectivity index (χ0v) is 11.0. The Balaban J connectivity index is 0.